The van der Waals surface area contributed by atoms with Gasteiger partial charge in [-0.15, -0.1) is 0 Å². The van der Waals surface area contributed by atoms with E-state index in [0.717, 1.165) is 20.0 Å². The van der Waals surface area contributed by atoms with E-state index in [2.05, 4.69) is 46.0 Å². The van der Waals surface area contributed by atoms with Gasteiger partial charge in [-0.05, 0) is 141 Å². The maximum atomic E-state index is 12.7. The molecule has 0 saturated heterocycles. The van der Waals surface area contributed by atoms with Crippen molar-refractivity contribution in [1.29, 1.82) is 0 Å². The van der Waals surface area contributed by atoms with Crippen molar-refractivity contribution in [2.75, 3.05) is 13.2 Å². The van der Waals surface area contributed by atoms with Crippen molar-refractivity contribution in [2.45, 2.75) is 145 Å². The van der Waals surface area contributed by atoms with Crippen LogP contribution in [0.15, 0.2) is 158 Å². The van der Waals surface area contributed by atoms with E-state index in [-0.39, 0.29) is 78.4 Å². The van der Waals surface area contributed by atoms with Gasteiger partial charge in [0.15, 0.2) is 44.8 Å². The second-order valence-electron chi connectivity index (χ2n) is 19.9. The number of carbonyl (C=O) groups excluding carboxylic acids is 3. The van der Waals surface area contributed by atoms with Crippen LogP contribution in [-0.2, 0) is 90.1 Å². The summed E-state index contributed by atoms with van der Waals surface area (Å²) in [6, 6.07) is 16.3. The van der Waals surface area contributed by atoms with Crippen LogP contribution in [0.5, 0.6) is 0 Å². The van der Waals surface area contributed by atoms with Crippen molar-refractivity contribution in [1.82, 2.24) is 30.1 Å². The first-order chi connectivity index (χ1) is 38.5. The van der Waals surface area contributed by atoms with E-state index >= 15 is 0 Å². The third kappa shape index (κ3) is 24.1. The number of carbonyl (C=O) groups is 4. The number of ether oxygens (including phenoxy) is 2. The molecule has 1 atom stereocenters. The topological polar surface area (TPSA) is 374 Å². The molecule has 0 aliphatic carbocycles. The number of Topliss-reactive ketones (excluding diaryl/α,β-unsaturated/α-hetero) is 1. The minimum Gasteiger partial charge on any atom is -0.768 e. The summed E-state index contributed by atoms with van der Waals surface area (Å²) in [6.07, 6.45) is 13.4. The summed E-state index contributed by atoms with van der Waals surface area (Å²) in [5.41, 5.74) is 0.199. The Morgan fingerprint density at radius 2 is 0.941 bits per heavy atom. The third-order valence-corrected chi connectivity index (χ3v) is 20.4. The summed E-state index contributed by atoms with van der Waals surface area (Å²) in [7, 11) is -10.1. The number of pyridine rings is 5. The van der Waals surface area contributed by atoms with Gasteiger partial charge >= 0.3 is 47.5 Å². The molecule has 462 valence electrons. The van der Waals surface area contributed by atoms with E-state index in [0.29, 0.717) is 18.1 Å². The number of nitrogens with zero attached hydrogens (tertiary/aromatic N) is 6. The number of alkyl halides is 1. The molecule has 0 aromatic carbocycles. The van der Waals surface area contributed by atoms with Crippen LogP contribution in [0.25, 0.3) is 0 Å². The summed E-state index contributed by atoms with van der Waals surface area (Å²) in [5.74, 6) is -2.15. The molecule has 0 bridgehead atoms. The van der Waals surface area contributed by atoms with Crippen molar-refractivity contribution < 1.29 is 110 Å². The first-order valence-electron chi connectivity index (χ1n) is 24.5. The SMILES string of the molecule is CC(C)(C(=O)O)S(=O)(=O)c1cccnc1.CC(C)(C)c1cc(CC(=O)C(C)(C)S(=O)(=O)c2cccnc2)no1.CCOC(=O)C(C)(C)Br.CCOC(=O)C(C)(C)S(=O)(=O)c1cccnc1.O=S(=O)(Cl)c1cccnc1.O=S([O-])c1cccnc1.[Na+]. The van der Waals surface area contributed by atoms with E-state index < -0.39 is 85.9 Å². The van der Waals surface area contributed by atoms with Gasteiger partial charge in [0.2, 0.25) is 0 Å². The average molecular weight is 1370 g/mol. The maximum absolute atomic E-state index is 12.7. The molecule has 0 spiro atoms. The molecular formula is C53H67BrClN6NaO18S5. The number of aromatic nitrogens is 6. The van der Waals surface area contributed by atoms with Gasteiger partial charge in [0.25, 0.3) is 9.05 Å². The van der Waals surface area contributed by atoms with Gasteiger partial charge in [-0.3, -0.25) is 48.3 Å². The van der Waals surface area contributed by atoms with Crippen LogP contribution < -0.4 is 29.6 Å². The van der Waals surface area contributed by atoms with Crippen molar-refractivity contribution in [3.63, 3.8) is 0 Å². The number of hydrogen-bond acceptors (Lipinski definition) is 23. The van der Waals surface area contributed by atoms with Crippen molar-refractivity contribution >= 4 is 99.9 Å². The Bertz CT molecular complexity index is 3580. The second-order valence-corrected chi connectivity index (χ2v) is 32.9. The molecule has 0 aliphatic rings. The van der Waals surface area contributed by atoms with Crippen LogP contribution in [0.3, 0.4) is 0 Å². The molecule has 0 aliphatic heterocycles. The summed E-state index contributed by atoms with van der Waals surface area (Å²) in [4.78, 5) is 64.5. The first-order valence-corrected chi connectivity index (χ1v) is 33.2. The van der Waals surface area contributed by atoms with Crippen LogP contribution in [0.2, 0.25) is 0 Å². The summed E-state index contributed by atoms with van der Waals surface area (Å²) >= 11 is 1.03. The van der Waals surface area contributed by atoms with Crippen molar-refractivity contribution in [3.05, 3.63) is 140 Å². The molecule has 6 aromatic heterocycles. The fraction of sp³-hybridized carbons (Fsp3) is 0.396. The average Bonchev–Trinajstić information content (AvgIpc) is 3.38. The van der Waals surface area contributed by atoms with Gasteiger partial charge in [-0.1, -0.05) is 41.9 Å². The summed E-state index contributed by atoms with van der Waals surface area (Å²) < 4.78 is 124. The Kier molecular flexibility index (Phi) is 32.2. The number of aliphatic carboxylic acids is 1. The Hall–Kier alpha value is -5.28. The number of hydrogen-bond donors (Lipinski definition) is 1. The largest absolute Gasteiger partial charge is 1.00 e. The maximum Gasteiger partial charge on any atom is 1.00 e. The minimum atomic E-state index is -3.90. The molecule has 1 unspecified atom stereocenters. The molecule has 0 radical (unpaired) electrons. The molecule has 0 amide bonds. The van der Waals surface area contributed by atoms with Gasteiger partial charge in [-0.2, -0.15) is 0 Å². The Balaban J connectivity index is 0.00000103. The molecule has 0 fully saturated rings. The minimum absolute atomic E-state index is 0. The molecule has 24 nitrogen and oxygen atoms in total. The Labute approximate surface area is 534 Å². The van der Waals surface area contributed by atoms with Gasteiger partial charge in [0, 0.05) is 89.0 Å². The van der Waals surface area contributed by atoms with E-state index in [1.165, 1.54) is 138 Å². The number of sulfone groups is 3. The number of esters is 2. The smallest absolute Gasteiger partial charge is 0.768 e. The zero-order chi connectivity index (χ0) is 64.8. The zero-order valence-electron chi connectivity index (χ0n) is 49.1. The van der Waals surface area contributed by atoms with E-state index in [4.69, 9.17) is 29.8 Å². The van der Waals surface area contributed by atoms with Crippen LogP contribution in [-0.4, -0.2) is 133 Å². The van der Waals surface area contributed by atoms with Gasteiger partial charge in [0.05, 0.1) is 40.0 Å². The van der Waals surface area contributed by atoms with Gasteiger partial charge < -0.3 is 23.7 Å². The molecule has 6 aromatic rings. The van der Waals surface area contributed by atoms with Crippen LogP contribution in [0.4, 0.5) is 0 Å². The quantitative estimate of drug-likeness (QED) is 0.0451. The first kappa shape index (κ1) is 79.7. The Morgan fingerprint density at radius 1 is 0.588 bits per heavy atom. The molecule has 6 heterocycles. The monoisotopic (exact) mass is 1370 g/mol. The number of rotatable bonds is 16. The van der Waals surface area contributed by atoms with Crippen LogP contribution >= 0.6 is 26.6 Å². The molecule has 32 heteroatoms. The van der Waals surface area contributed by atoms with E-state index in [1.54, 1.807) is 39.8 Å². The predicted octanol–water partition coefficient (Wildman–Crippen LogP) is 4.70. The second kappa shape index (κ2) is 34.3. The number of ketones is 1. The summed E-state index contributed by atoms with van der Waals surface area (Å²) in [6.45, 7) is 21.2. The molecule has 85 heavy (non-hydrogen) atoms. The van der Waals surface area contributed by atoms with Gasteiger partial charge in [-0.25, -0.2) is 33.7 Å². The number of halogens is 2. The molecular weight excluding hydrogens is 1310 g/mol. The van der Waals surface area contributed by atoms with Crippen LogP contribution in [0, 0.1) is 0 Å². The zero-order valence-corrected chi connectivity index (χ0v) is 57.5. The Morgan fingerprint density at radius 3 is 1.20 bits per heavy atom. The summed E-state index contributed by atoms with van der Waals surface area (Å²) in [5, 5.41) is 12.7. The van der Waals surface area contributed by atoms with E-state index in [1.807, 2.05) is 20.8 Å². The molecule has 6 rings (SSSR count). The third-order valence-electron chi connectivity index (χ3n) is 10.9. The van der Waals surface area contributed by atoms with Crippen LogP contribution in [0.1, 0.15) is 101 Å². The molecule has 0 saturated carbocycles. The predicted molar refractivity (Wildman–Crippen MR) is 313 cm³/mol. The normalized spacial score (nSPS) is 12.2. The fourth-order valence-electron chi connectivity index (χ4n) is 5.45. The van der Waals surface area contributed by atoms with Crippen molar-refractivity contribution in [3.8, 4) is 0 Å². The standard InChI is InChI=1S/C17H22N2O4S.C11H15NO4S.C9H11NO4S.C6H11BrO2.C5H4ClNO2S.C5H5NO2S.Na/c1-16(2,3)15-10-12(19-23-15)9-14(20)17(4,5)24(21,22)13-7-6-8-18-11-13;1-4-16-10(13)11(2,3)17(14,15)9-6-5-7-12-8-9;1-9(2,8(11)12)15(13,14)7-4-3-5-10-6-7;1-4-9-5(8)6(2,3)7;6-10(8,9)5-2-1-3-7-4-5;7-9(8)5-2-1-3-6-4-5;/h6-8,10-11H,9H2,1-5H3;5-8H,4H2,1-3H3;3-6H,1-2H3,(H,11,12);4H2,1-3H3;1-4H;1-4H,(H,7,8);/q;;;;;;+1/p-1. The number of carboxylic acid groups (broad SMARTS) is 1. The van der Waals surface area contributed by atoms with Gasteiger partial charge in [0.1, 0.15) is 19.7 Å². The number of carboxylic acids is 1. The fourth-order valence-corrected chi connectivity index (χ4v) is 10.6. The van der Waals surface area contributed by atoms with E-state index in [9.17, 15) is 61.6 Å². The van der Waals surface area contributed by atoms with Crippen molar-refractivity contribution in [2.24, 2.45) is 0 Å². The molecule has 1 N–H and O–H groups in total.